The van der Waals surface area contributed by atoms with Crippen LogP contribution in [0.15, 0.2) is 18.2 Å². The molecule has 1 aromatic heterocycles. The second-order valence-electron chi connectivity index (χ2n) is 6.93. The molecule has 2 heterocycles. The Morgan fingerprint density at radius 3 is 2.62 bits per heavy atom. The number of carbonyl (C=O) groups excluding carboxylic acids is 2. The SMILES string of the molecule is COc1ccc2c(Cl)c(C(=O)OCC(=O)N3CC(C)CC(C)C3)sc2c1. The quantitative estimate of drug-likeness (QED) is 0.727. The second kappa shape index (κ2) is 7.84. The Hall–Kier alpha value is -1.79. The summed E-state index contributed by atoms with van der Waals surface area (Å²) in [4.78, 5) is 26.9. The first-order valence-electron chi connectivity index (χ1n) is 8.60. The number of carbonyl (C=O) groups is 2. The number of nitrogens with zero attached hydrogens (tertiary/aromatic N) is 1. The maximum absolute atomic E-state index is 12.4. The van der Waals surface area contributed by atoms with Gasteiger partial charge in [0.15, 0.2) is 6.61 Å². The first kappa shape index (κ1) is 19.0. The van der Waals surface area contributed by atoms with Crippen LogP contribution in [0.5, 0.6) is 5.75 Å². The van der Waals surface area contributed by atoms with Gasteiger partial charge in [-0.05, 0) is 36.5 Å². The molecular formula is C19H22ClNO4S. The largest absolute Gasteiger partial charge is 0.497 e. The molecule has 3 rings (SSSR count). The molecule has 0 saturated carbocycles. The van der Waals surface area contributed by atoms with Crippen LogP contribution in [-0.2, 0) is 9.53 Å². The number of ether oxygens (including phenoxy) is 2. The number of rotatable bonds is 4. The highest BCUT2D eigenvalue weighted by Crippen LogP contribution is 2.37. The summed E-state index contributed by atoms with van der Waals surface area (Å²) in [5.41, 5.74) is 0. The van der Waals surface area contributed by atoms with Gasteiger partial charge < -0.3 is 14.4 Å². The van der Waals surface area contributed by atoms with Crippen LogP contribution in [0.25, 0.3) is 10.1 Å². The number of likely N-dealkylation sites (tertiary alicyclic amines) is 1. The Balaban J connectivity index is 1.67. The Bertz CT molecular complexity index is 824. The molecule has 0 bridgehead atoms. The van der Waals surface area contributed by atoms with E-state index in [-0.39, 0.29) is 12.5 Å². The third-order valence-corrected chi connectivity index (χ3v) is 6.21. The molecular weight excluding hydrogens is 374 g/mol. The summed E-state index contributed by atoms with van der Waals surface area (Å²) in [5, 5.41) is 1.12. The Labute approximate surface area is 161 Å². The van der Waals surface area contributed by atoms with E-state index in [0.29, 0.717) is 40.6 Å². The van der Waals surface area contributed by atoms with E-state index in [0.717, 1.165) is 16.5 Å². The lowest BCUT2D eigenvalue weighted by molar-refractivity contribution is -0.137. The molecule has 26 heavy (non-hydrogen) atoms. The van der Waals surface area contributed by atoms with Gasteiger partial charge in [-0.1, -0.05) is 25.4 Å². The Kier molecular flexibility index (Phi) is 5.73. The third-order valence-electron chi connectivity index (χ3n) is 4.57. The standard InChI is InChI=1S/C19H22ClNO4S/c1-11-6-12(2)9-21(8-11)16(22)10-25-19(23)18-17(20)14-5-4-13(24-3)7-15(14)26-18/h4-5,7,11-12H,6,8-10H2,1-3H3. The topological polar surface area (TPSA) is 55.8 Å². The van der Waals surface area contributed by atoms with Crippen molar-refractivity contribution in [2.24, 2.45) is 11.8 Å². The molecule has 1 aliphatic rings. The Morgan fingerprint density at radius 2 is 1.96 bits per heavy atom. The van der Waals surface area contributed by atoms with Gasteiger partial charge in [-0.15, -0.1) is 11.3 Å². The van der Waals surface area contributed by atoms with E-state index < -0.39 is 5.97 Å². The van der Waals surface area contributed by atoms with Gasteiger partial charge in [-0.2, -0.15) is 0 Å². The van der Waals surface area contributed by atoms with Crippen LogP contribution in [-0.4, -0.2) is 43.6 Å². The number of esters is 1. The lowest BCUT2D eigenvalue weighted by atomic mass is 9.92. The predicted molar refractivity (Wildman–Crippen MR) is 103 cm³/mol. The monoisotopic (exact) mass is 395 g/mol. The van der Waals surface area contributed by atoms with Gasteiger partial charge >= 0.3 is 5.97 Å². The smallest absolute Gasteiger partial charge is 0.350 e. The van der Waals surface area contributed by atoms with Crippen molar-refractivity contribution < 1.29 is 19.1 Å². The lowest BCUT2D eigenvalue weighted by Gasteiger charge is -2.34. The molecule has 1 aromatic carbocycles. The second-order valence-corrected chi connectivity index (χ2v) is 8.36. The molecule has 1 aliphatic heterocycles. The minimum absolute atomic E-state index is 0.157. The number of hydrogen-bond acceptors (Lipinski definition) is 5. The van der Waals surface area contributed by atoms with Crippen molar-refractivity contribution in [2.75, 3.05) is 26.8 Å². The molecule has 0 radical (unpaired) electrons. The average molecular weight is 396 g/mol. The molecule has 7 heteroatoms. The van der Waals surface area contributed by atoms with E-state index in [4.69, 9.17) is 21.1 Å². The van der Waals surface area contributed by atoms with E-state index >= 15 is 0 Å². The molecule has 0 N–H and O–H groups in total. The van der Waals surface area contributed by atoms with E-state index in [1.54, 1.807) is 18.1 Å². The van der Waals surface area contributed by atoms with Gasteiger partial charge in [0.1, 0.15) is 10.6 Å². The number of halogens is 1. The van der Waals surface area contributed by atoms with Crippen molar-refractivity contribution >= 4 is 44.9 Å². The lowest BCUT2D eigenvalue weighted by Crippen LogP contribution is -2.44. The molecule has 5 nitrogen and oxygen atoms in total. The number of thiophene rings is 1. The van der Waals surface area contributed by atoms with Gasteiger partial charge in [-0.3, -0.25) is 4.79 Å². The molecule has 2 unspecified atom stereocenters. The molecule has 0 aliphatic carbocycles. The van der Waals surface area contributed by atoms with E-state index in [1.807, 2.05) is 12.1 Å². The van der Waals surface area contributed by atoms with Crippen LogP contribution in [0.2, 0.25) is 5.02 Å². The molecule has 1 saturated heterocycles. The summed E-state index contributed by atoms with van der Waals surface area (Å²) in [6.07, 6.45) is 1.12. The van der Waals surface area contributed by atoms with Crippen LogP contribution in [0.1, 0.15) is 29.9 Å². The first-order valence-corrected chi connectivity index (χ1v) is 9.79. The van der Waals surface area contributed by atoms with Crippen molar-refractivity contribution in [1.82, 2.24) is 4.90 Å². The van der Waals surface area contributed by atoms with E-state index in [1.165, 1.54) is 11.3 Å². The molecule has 1 fully saturated rings. The van der Waals surface area contributed by atoms with Crippen LogP contribution >= 0.6 is 22.9 Å². The predicted octanol–water partition coefficient (Wildman–Crippen LogP) is 4.22. The van der Waals surface area contributed by atoms with Gasteiger partial charge in [0.05, 0.1) is 12.1 Å². The minimum Gasteiger partial charge on any atom is -0.497 e. The minimum atomic E-state index is -0.568. The number of hydrogen-bond donors (Lipinski definition) is 0. The molecule has 2 atom stereocenters. The summed E-state index contributed by atoms with van der Waals surface area (Å²) in [6, 6.07) is 5.42. The molecule has 0 spiro atoms. The van der Waals surface area contributed by atoms with Gasteiger partial charge in [0.25, 0.3) is 5.91 Å². The zero-order valence-electron chi connectivity index (χ0n) is 15.1. The zero-order chi connectivity index (χ0) is 18.8. The van der Waals surface area contributed by atoms with Gasteiger partial charge in [0, 0.05) is 23.2 Å². The maximum Gasteiger partial charge on any atom is 0.350 e. The highest BCUT2D eigenvalue weighted by Gasteiger charge is 2.27. The van der Waals surface area contributed by atoms with Crippen molar-refractivity contribution in [3.63, 3.8) is 0 Å². The zero-order valence-corrected chi connectivity index (χ0v) is 16.7. The van der Waals surface area contributed by atoms with E-state index in [2.05, 4.69) is 13.8 Å². The Morgan fingerprint density at radius 1 is 1.27 bits per heavy atom. The molecule has 2 aromatic rings. The summed E-state index contributed by atoms with van der Waals surface area (Å²) in [6.45, 7) is 5.43. The summed E-state index contributed by atoms with van der Waals surface area (Å²) in [7, 11) is 1.58. The van der Waals surface area contributed by atoms with Crippen LogP contribution < -0.4 is 4.74 Å². The fourth-order valence-electron chi connectivity index (χ4n) is 3.45. The highest BCUT2D eigenvalue weighted by atomic mass is 35.5. The fourth-order valence-corrected chi connectivity index (χ4v) is 4.89. The summed E-state index contributed by atoms with van der Waals surface area (Å²) in [5.74, 6) is 0.895. The first-order chi connectivity index (χ1) is 12.4. The van der Waals surface area contributed by atoms with Gasteiger partial charge in [0.2, 0.25) is 0 Å². The summed E-state index contributed by atoms with van der Waals surface area (Å²) >= 11 is 7.56. The molecule has 140 valence electrons. The third kappa shape index (κ3) is 3.96. The van der Waals surface area contributed by atoms with Crippen LogP contribution in [0.3, 0.4) is 0 Å². The number of methoxy groups -OCH3 is 1. The average Bonchev–Trinajstić information content (AvgIpc) is 2.94. The number of benzene rings is 1. The summed E-state index contributed by atoms with van der Waals surface area (Å²) < 4.78 is 11.3. The van der Waals surface area contributed by atoms with Crippen LogP contribution in [0, 0.1) is 11.8 Å². The van der Waals surface area contributed by atoms with Crippen molar-refractivity contribution in [3.8, 4) is 5.75 Å². The number of amides is 1. The van der Waals surface area contributed by atoms with Crippen molar-refractivity contribution in [2.45, 2.75) is 20.3 Å². The van der Waals surface area contributed by atoms with Gasteiger partial charge in [-0.25, -0.2) is 4.79 Å². The highest BCUT2D eigenvalue weighted by molar-refractivity contribution is 7.21. The van der Waals surface area contributed by atoms with Crippen molar-refractivity contribution in [1.29, 1.82) is 0 Å². The van der Waals surface area contributed by atoms with E-state index in [9.17, 15) is 9.59 Å². The number of piperidine rings is 1. The fraction of sp³-hybridized carbons (Fsp3) is 0.474. The normalized spacial score (nSPS) is 20.2. The maximum atomic E-state index is 12.4. The van der Waals surface area contributed by atoms with Crippen molar-refractivity contribution in [3.05, 3.63) is 28.1 Å². The van der Waals surface area contributed by atoms with Crippen LogP contribution in [0.4, 0.5) is 0 Å². The molecule has 1 amide bonds. The number of fused-ring (bicyclic) bond motifs is 1.